The minimum Gasteiger partial charge on any atom is -0.490 e. The van der Waals surface area contributed by atoms with Crippen molar-refractivity contribution in [1.82, 2.24) is 5.43 Å². The number of nitrogens with one attached hydrogen (secondary N) is 1. The average molecular weight is 286 g/mol. The van der Waals surface area contributed by atoms with Gasteiger partial charge in [-0.2, -0.15) is 0 Å². The molecule has 0 bridgehead atoms. The Kier molecular flexibility index (Phi) is 3.90. The van der Waals surface area contributed by atoms with Crippen LogP contribution < -0.4 is 16.0 Å². The second-order valence-corrected chi connectivity index (χ2v) is 5.49. The second kappa shape index (κ2) is 5.84. The number of nitrogens with two attached hydrogens (primary N) is 1. The molecule has 0 saturated heterocycles. The number of hydrogen-bond donors (Lipinski definition) is 2. The average Bonchev–Trinajstić information content (AvgIpc) is 3.29. The zero-order chi connectivity index (χ0) is 14.8. The Morgan fingerprint density at radius 3 is 2.52 bits per heavy atom. The molecule has 0 radical (unpaired) electrons. The zero-order valence-corrected chi connectivity index (χ0v) is 12.0. The smallest absolute Gasteiger partial charge is 0.123 e. The number of aryl methyl sites for hydroxylation is 1. The molecule has 0 heterocycles. The summed E-state index contributed by atoms with van der Waals surface area (Å²) in [6, 6.07) is 12.3. The van der Waals surface area contributed by atoms with Crippen LogP contribution in [0.3, 0.4) is 0 Å². The Morgan fingerprint density at radius 1 is 1.19 bits per heavy atom. The number of hydrazine groups is 1. The molecule has 1 atom stereocenters. The van der Waals surface area contributed by atoms with Crippen molar-refractivity contribution in [1.29, 1.82) is 0 Å². The van der Waals surface area contributed by atoms with Gasteiger partial charge in [-0.3, -0.25) is 5.84 Å². The Balaban J connectivity index is 1.86. The van der Waals surface area contributed by atoms with Crippen LogP contribution >= 0.6 is 0 Å². The standard InChI is InChI=1S/C17H19FN2O/c1-11-2-5-13(18)10-16(11)17(20-19)12-3-6-14(7-4-12)21-15-8-9-15/h2-7,10,15,17,20H,8-9,19H2,1H3. The van der Waals surface area contributed by atoms with Crippen LogP contribution in [0, 0.1) is 12.7 Å². The van der Waals surface area contributed by atoms with Gasteiger partial charge in [-0.25, -0.2) is 9.82 Å². The van der Waals surface area contributed by atoms with Crippen LogP contribution in [-0.4, -0.2) is 6.10 Å². The summed E-state index contributed by atoms with van der Waals surface area (Å²) in [5.74, 6) is 6.29. The second-order valence-electron chi connectivity index (χ2n) is 5.49. The molecule has 2 aromatic rings. The van der Waals surface area contributed by atoms with E-state index in [2.05, 4.69) is 5.43 Å². The Hall–Kier alpha value is -1.91. The lowest BCUT2D eigenvalue weighted by Gasteiger charge is -2.19. The fraction of sp³-hybridized carbons (Fsp3) is 0.294. The molecule has 110 valence electrons. The maximum atomic E-state index is 13.5. The van der Waals surface area contributed by atoms with E-state index in [9.17, 15) is 4.39 Å². The number of rotatable bonds is 5. The molecule has 1 saturated carbocycles. The fourth-order valence-electron chi connectivity index (χ4n) is 2.41. The first-order valence-electron chi connectivity index (χ1n) is 7.16. The Labute approximate surface area is 123 Å². The van der Waals surface area contributed by atoms with Gasteiger partial charge < -0.3 is 4.74 Å². The summed E-state index contributed by atoms with van der Waals surface area (Å²) in [5.41, 5.74) is 5.59. The highest BCUT2D eigenvalue weighted by Crippen LogP contribution is 2.29. The van der Waals surface area contributed by atoms with E-state index in [0.29, 0.717) is 6.10 Å². The first-order chi connectivity index (χ1) is 10.2. The molecule has 3 N–H and O–H groups in total. The summed E-state index contributed by atoms with van der Waals surface area (Å²) >= 11 is 0. The molecule has 2 aromatic carbocycles. The van der Waals surface area contributed by atoms with Crippen molar-refractivity contribution in [3.63, 3.8) is 0 Å². The SMILES string of the molecule is Cc1ccc(F)cc1C(NN)c1ccc(OC2CC2)cc1. The van der Waals surface area contributed by atoms with Crippen molar-refractivity contribution >= 4 is 0 Å². The minimum atomic E-state index is -0.260. The lowest BCUT2D eigenvalue weighted by Crippen LogP contribution is -2.29. The van der Waals surface area contributed by atoms with E-state index in [1.54, 1.807) is 6.07 Å². The molecule has 0 amide bonds. The van der Waals surface area contributed by atoms with Crippen molar-refractivity contribution in [2.75, 3.05) is 0 Å². The van der Waals surface area contributed by atoms with E-state index in [4.69, 9.17) is 10.6 Å². The van der Waals surface area contributed by atoms with Crippen molar-refractivity contribution in [2.45, 2.75) is 31.9 Å². The van der Waals surface area contributed by atoms with Gasteiger partial charge in [-0.1, -0.05) is 18.2 Å². The molecule has 1 aliphatic carbocycles. The van der Waals surface area contributed by atoms with Gasteiger partial charge >= 0.3 is 0 Å². The fourth-order valence-corrected chi connectivity index (χ4v) is 2.41. The number of hydrogen-bond acceptors (Lipinski definition) is 3. The molecular formula is C17H19FN2O. The van der Waals surface area contributed by atoms with Crippen molar-refractivity contribution < 1.29 is 9.13 Å². The third-order valence-corrected chi connectivity index (χ3v) is 3.76. The molecule has 0 spiro atoms. The molecular weight excluding hydrogens is 267 g/mol. The summed E-state index contributed by atoms with van der Waals surface area (Å²) in [4.78, 5) is 0. The highest BCUT2D eigenvalue weighted by atomic mass is 19.1. The quantitative estimate of drug-likeness (QED) is 0.655. The van der Waals surface area contributed by atoms with E-state index in [0.717, 1.165) is 35.3 Å². The van der Waals surface area contributed by atoms with Gasteiger partial charge in [-0.05, 0) is 60.7 Å². The number of halogens is 1. The van der Waals surface area contributed by atoms with E-state index in [-0.39, 0.29) is 11.9 Å². The predicted molar refractivity (Wildman–Crippen MR) is 80.4 cm³/mol. The van der Waals surface area contributed by atoms with E-state index in [1.807, 2.05) is 31.2 Å². The monoisotopic (exact) mass is 286 g/mol. The summed E-state index contributed by atoms with van der Waals surface area (Å²) < 4.78 is 19.2. The number of benzene rings is 2. The summed E-state index contributed by atoms with van der Waals surface area (Å²) in [7, 11) is 0. The van der Waals surface area contributed by atoms with Crippen LogP contribution in [-0.2, 0) is 0 Å². The van der Waals surface area contributed by atoms with Gasteiger partial charge in [0.05, 0.1) is 12.1 Å². The van der Waals surface area contributed by atoms with Crippen LogP contribution in [0.2, 0.25) is 0 Å². The summed E-state index contributed by atoms with van der Waals surface area (Å²) in [6.45, 7) is 1.95. The van der Waals surface area contributed by atoms with Crippen LogP contribution in [0.1, 0.15) is 35.6 Å². The molecule has 4 heteroatoms. The minimum absolute atomic E-state index is 0.240. The zero-order valence-electron chi connectivity index (χ0n) is 12.0. The van der Waals surface area contributed by atoms with Gasteiger partial charge in [-0.15, -0.1) is 0 Å². The lowest BCUT2D eigenvalue weighted by molar-refractivity contribution is 0.303. The van der Waals surface area contributed by atoms with E-state index in [1.165, 1.54) is 12.1 Å². The van der Waals surface area contributed by atoms with Gasteiger partial charge in [0.15, 0.2) is 0 Å². The van der Waals surface area contributed by atoms with Crippen LogP contribution in [0.5, 0.6) is 5.75 Å². The number of ether oxygens (including phenoxy) is 1. The van der Waals surface area contributed by atoms with Crippen LogP contribution in [0.4, 0.5) is 4.39 Å². The Morgan fingerprint density at radius 2 is 1.90 bits per heavy atom. The van der Waals surface area contributed by atoms with Crippen LogP contribution in [0.15, 0.2) is 42.5 Å². The molecule has 0 aromatic heterocycles. The highest BCUT2D eigenvalue weighted by molar-refractivity contribution is 5.39. The van der Waals surface area contributed by atoms with Crippen molar-refractivity contribution in [3.05, 3.63) is 65.0 Å². The van der Waals surface area contributed by atoms with Crippen LogP contribution in [0.25, 0.3) is 0 Å². The van der Waals surface area contributed by atoms with Gasteiger partial charge in [0.1, 0.15) is 11.6 Å². The topological polar surface area (TPSA) is 47.3 Å². The van der Waals surface area contributed by atoms with Crippen molar-refractivity contribution in [3.8, 4) is 5.75 Å². The third kappa shape index (κ3) is 3.23. The Bertz CT molecular complexity index is 623. The van der Waals surface area contributed by atoms with E-state index < -0.39 is 0 Å². The molecule has 1 unspecified atom stereocenters. The molecule has 1 aliphatic rings. The van der Waals surface area contributed by atoms with Gasteiger partial charge in [0.25, 0.3) is 0 Å². The molecule has 1 fully saturated rings. The molecule has 3 nitrogen and oxygen atoms in total. The van der Waals surface area contributed by atoms with E-state index >= 15 is 0 Å². The predicted octanol–water partition coefficient (Wildman–Crippen LogP) is 3.23. The summed E-state index contributed by atoms with van der Waals surface area (Å²) in [6.07, 6.45) is 2.65. The maximum Gasteiger partial charge on any atom is 0.123 e. The maximum absolute atomic E-state index is 13.5. The highest BCUT2D eigenvalue weighted by Gasteiger charge is 2.23. The first kappa shape index (κ1) is 14.0. The molecule has 0 aliphatic heterocycles. The largest absolute Gasteiger partial charge is 0.490 e. The molecule has 3 rings (SSSR count). The lowest BCUT2D eigenvalue weighted by atomic mass is 9.95. The van der Waals surface area contributed by atoms with Gasteiger partial charge in [0.2, 0.25) is 0 Å². The summed E-state index contributed by atoms with van der Waals surface area (Å²) in [5, 5.41) is 0. The molecule has 21 heavy (non-hydrogen) atoms. The van der Waals surface area contributed by atoms with Gasteiger partial charge in [0, 0.05) is 0 Å². The van der Waals surface area contributed by atoms with Crippen molar-refractivity contribution in [2.24, 2.45) is 5.84 Å². The normalized spacial score (nSPS) is 15.8. The third-order valence-electron chi connectivity index (χ3n) is 3.76. The first-order valence-corrected chi connectivity index (χ1v) is 7.16.